The van der Waals surface area contributed by atoms with E-state index in [1.807, 2.05) is 12.1 Å². The molecule has 0 amide bonds. The lowest BCUT2D eigenvalue weighted by atomic mass is 10.2. The van der Waals surface area contributed by atoms with Crippen molar-refractivity contribution in [2.24, 2.45) is 0 Å². The summed E-state index contributed by atoms with van der Waals surface area (Å²) in [6.07, 6.45) is 3.92. The van der Waals surface area contributed by atoms with Gasteiger partial charge in [0.15, 0.2) is 6.29 Å². The summed E-state index contributed by atoms with van der Waals surface area (Å²) in [5, 5.41) is 0.889. The zero-order valence-corrected chi connectivity index (χ0v) is 11.4. The summed E-state index contributed by atoms with van der Waals surface area (Å²) in [6.45, 7) is 0. The minimum Gasteiger partial charge on any atom is -0.497 e. The number of carbonyl (C=O) groups excluding carboxylic acids is 1. The second-order valence-electron chi connectivity index (χ2n) is 4.06. The van der Waals surface area contributed by atoms with Crippen LogP contribution in [0.4, 0.5) is 0 Å². The summed E-state index contributed by atoms with van der Waals surface area (Å²) in [7, 11) is 1.57. The second-order valence-corrected chi connectivity index (χ2v) is 4.06. The van der Waals surface area contributed by atoms with Gasteiger partial charge < -0.3 is 9.15 Å². The molecule has 21 heavy (non-hydrogen) atoms. The summed E-state index contributed by atoms with van der Waals surface area (Å²) < 4.78 is 9.97. The Kier molecular flexibility index (Phi) is 4.82. The van der Waals surface area contributed by atoms with Crippen LogP contribution in [0.3, 0.4) is 0 Å². The van der Waals surface area contributed by atoms with Crippen LogP contribution in [0.25, 0.3) is 11.0 Å². The van der Waals surface area contributed by atoms with Gasteiger partial charge in [-0.25, -0.2) is 4.79 Å². The van der Waals surface area contributed by atoms with E-state index in [9.17, 15) is 9.59 Å². The fourth-order valence-corrected chi connectivity index (χ4v) is 1.61. The average Bonchev–Trinajstić information content (AvgIpc) is 2.55. The number of hydrogen-bond acceptors (Lipinski definition) is 5. The number of fused-ring (bicyclic) bond motifs is 1. The first-order valence-corrected chi connectivity index (χ1v) is 6.16. The monoisotopic (exact) mass is 283 g/mol. The first kappa shape index (κ1) is 14.5. The summed E-state index contributed by atoms with van der Waals surface area (Å²) in [6, 6.07) is 11.9. The third-order valence-corrected chi connectivity index (χ3v) is 2.65. The highest BCUT2D eigenvalue weighted by molar-refractivity contribution is 5.77. The quantitative estimate of drug-likeness (QED) is 0.534. The predicted octanol–water partition coefficient (Wildman–Crippen LogP) is 2.70. The van der Waals surface area contributed by atoms with E-state index in [1.165, 1.54) is 12.3 Å². The smallest absolute Gasteiger partial charge is 0.336 e. The minimum atomic E-state index is -0.347. The Labute approximate surface area is 120 Å². The number of carbonyl (C=O) groups is 1. The van der Waals surface area contributed by atoms with Gasteiger partial charge >= 0.3 is 5.63 Å². The summed E-state index contributed by atoms with van der Waals surface area (Å²) in [5.41, 5.74) is 0.820. The molecule has 0 saturated heterocycles. The van der Waals surface area contributed by atoms with Crippen molar-refractivity contribution in [3.8, 4) is 5.75 Å². The molecule has 0 aliphatic heterocycles. The van der Waals surface area contributed by atoms with E-state index in [0.29, 0.717) is 16.9 Å². The molecule has 0 spiro atoms. The van der Waals surface area contributed by atoms with E-state index in [2.05, 4.69) is 4.98 Å². The lowest BCUT2D eigenvalue weighted by Crippen LogP contribution is -1.94. The Morgan fingerprint density at radius 3 is 2.62 bits per heavy atom. The lowest BCUT2D eigenvalue weighted by molar-refractivity contribution is 0.112. The topological polar surface area (TPSA) is 69.4 Å². The van der Waals surface area contributed by atoms with Crippen LogP contribution >= 0.6 is 0 Å². The van der Waals surface area contributed by atoms with Crippen LogP contribution in [-0.2, 0) is 0 Å². The maximum Gasteiger partial charge on any atom is 0.336 e. The van der Waals surface area contributed by atoms with Gasteiger partial charge in [0, 0.05) is 35.5 Å². The van der Waals surface area contributed by atoms with Gasteiger partial charge in [0.2, 0.25) is 0 Å². The molecule has 0 atom stereocenters. The van der Waals surface area contributed by atoms with Crippen LogP contribution < -0.4 is 10.4 Å². The molecular weight excluding hydrogens is 270 g/mol. The largest absolute Gasteiger partial charge is 0.497 e. The van der Waals surface area contributed by atoms with Crippen molar-refractivity contribution in [3.63, 3.8) is 0 Å². The lowest BCUT2D eigenvalue weighted by Gasteiger charge is -1.99. The van der Waals surface area contributed by atoms with Gasteiger partial charge in [-0.1, -0.05) is 0 Å². The summed E-state index contributed by atoms with van der Waals surface area (Å²) in [5.74, 6) is 0.682. The molecule has 0 radical (unpaired) electrons. The van der Waals surface area contributed by atoms with Gasteiger partial charge in [0.25, 0.3) is 0 Å². The second kappa shape index (κ2) is 7.00. The van der Waals surface area contributed by atoms with Crippen LogP contribution in [0.1, 0.15) is 10.4 Å². The fraction of sp³-hybridized carbons (Fsp3) is 0.0625. The highest BCUT2D eigenvalue weighted by Gasteiger charge is 1.98. The van der Waals surface area contributed by atoms with Crippen molar-refractivity contribution >= 4 is 17.3 Å². The average molecular weight is 283 g/mol. The zero-order chi connectivity index (χ0) is 15.1. The van der Waals surface area contributed by atoms with Gasteiger partial charge in [0.1, 0.15) is 11.3 Å². The van der Waals surface area contributed by atoms with Crippen molar-refractivity contribution in [1.29, 1.82) is 0 Å². The zero-order valence-electron chi connectivity index (χ0n) is 11.4. The van der Waals surface area contributed by atoms with E-state index in [1.54, 1.807) is 37.6 Å². The number of hydrogen-bond donors (Lipinski definition) is 0. The molecule has 5 heteroatoms. The van der Waals surface area contributed by atoms with E-state index < -0.39 is 0 Å². The van der Waals surface area contributed by atoms with Crippen LogP contribution in [0.2, 0.25) is 0 Å². The maximum absolute atomic E-state index is 10.9. The van der Waals surface area contributed by atoms with Crippen LogP contribution in [0, 0.1) is 0 Å². The van der Waals surface area contributed by atoms with Gasteiger partial charge in [-0.3, -0.25) is 9.78 Å². The summed E-state index contributed by atoms with van der Waals surface area (Å²) in [4.78, 5) is 24.6. The van der Waals surface area contributed by atoms with Crippen molar-refractivity contribution < 1.29 is 13.9 Å². The number of aldehydes is 1. The number of pyridine rings is 1. The molecule has 0 aliphatic rings. The summed E-state index contributed by atoms with van der Waals surface area (Å²) >= 11 is 0. The molecule has 5 nitrogen and oxygen atoms in total. The molecule has 2 aromatic heterocycles. The molecule has 0 aliphatic carbocycles. The van der Waals surface area contributed by atoms with Crippen LogP contribution in [0.5, 0.6) is 5.75 Å². The van der Waals surface area contributed by atoms with E-state index in [0.717, 1.165) is 11.7 Å². The standard InChI is InChI=1S/C10H8O3.C6H5NO/c1-12-8-4-2-7-3-5-10(11)13-9(7)6-8;8-5-6-2-1-3-7-4-6/h2-6H,1H3;1-5H. The molecule has 0 fully saturated rings. The minimum absolute atomic E-state index is 0.347. The highest BCUT2D eigenvalue weighted by atomic mass is 16.5. The van der Waals surface area contributed by atoms with Gasteiger partial charge in [-0.15, -0.1) is 0 Å². The van der Waals surface area contributed by atoms with Gasteiger partial charge in [-0.2, -0.15) is 0 Å². The Morgan fingerprint density at radius 2 is 2.00 bits per heavy atom. The Balaban J connectivity index is 0.000000173. The van der Waals surface area contributed by atoms with E-state index in [4.69, 9.17) is 9.15 Å². The molecule has 3 rings (SSSR count). The maximum atomic E-state index is 10.9. The molecular formula is C16H13NO4. The Hall–Kier alpha value is -2.95. The van der Waals surface area contributed by atoms with E-state index >= 15 is 0 Å². The Morgan fingerprint density at radius 1 is 1.19 bits per heavy atom. The van der Waals surface area contributed by atoms with Gasteiger partial charge in [-0.05, 0) is 30.3 Å². The molecule has 0 saturated carbocycles. The number of ether oxygens (including phenoxy) is 1. The number of aromatic nitrogens is 1. The number of methoxy groups -OCH3 is 1. The first-order chi connectivity index (χ1) is 10.2. The number of nitrogens with zero attached hydrogens (tertiary/aromatic N) is 1. The molecule has 1 aromatic carbocycles. The SMILES string of the molecule is COc1ccc2ccc(=O)oc2c1.O=Cc1cccnc1. The first-order valence-electron chi connectivity index (χ1n) is 6.16. The number of rotatable bonds is 2. The predicted molar refractivity (Wildman–Crippen MR) is 78.7 cm³/mol. The van der Waals surface area contributed by atoms with Crippen molar-refractivity contribution in [2.45, 2.75) is 0 Å². The molecule has 106 valence electrons. The third-order valence-electron chi connectivity index (χ3n) is 2.65. The van der Waals surface area contributed by atoms with Crippen molar-refractivity contribution in [2.75, 3.05) is 7.11 Å². The van der Waals surface area contributed by atoms with Crippen molar-refractivity contribution in [1.82, 2.24) is 4.98 Å². The molecule has 0 bridgehead atoms. The third kappa shape index (κ3) is 4.01. The van der Waals surface area contributed by atoms with Gasteiger partial charge in [0.05, 0.1) is 7.11 Å². The molecule has 2 heterocycles. The highest BCUT2D eigenvalue weighted by Crippen LogP contribution is 2.18. The Bertz CT molecular complexity index is 781. The fourth-order valence-electron chi connectivity index (χ4n) is 1.61. The number of benzene rings is 1. The van der Waals surface area contributed by atoms with E-state index in [-0.39, 0.29) is 5.63 Å². The van der Waals surface area contributed by atoms with Crippen molar-refractivity contribution in [3.05, 3.63) is 70.8 Å². The van der Waals surface area contributed by atoms with Crippen LogP contribution in [-0.4, -0.2) is 18.4 Å². The molecule has 0 N–H and O–H groups in total. The molecule has 0 unspecified atom stereocenters. The normalized spacial score (nSPS) is 9.57. The molecule has 3 aromatic rings. The van der Waals surface area contributed by atoms with Crippen LogP contribution in [0.15, 0.2) is 64.1 Å².